The first-order valence-electron chi connectivity index (χ1n) is 8.47. The van der Waals surface area contributed by atoms with Gasteiger partial charge in [-0.25, -0.2) is 4.79 Å². The number of urea groups is 1. The number of carbonyl (C=O) groups is 1. The van der Waals surface area contributed by atoms with Gasteiger partial charge in [-0.15, -0.1) is 11.3 Å². The number of rotatable bonds is 5. The number of hydrogen-bond acceptors (Lipinski definition) is 4. The largest absolute Gasteiger partial charge is 0.497 e. The van der Waals surface area contributed by atoms with Crippen molar-refractivity contribution in [2.75, 3.05) is 34.3 Å². The number of amides is 2. The van der Waals surface area contributed by atoms with Crippen LogP contribution in [0.4, 0.5) is 4.79 Å². The maximum absolute atomic E-state index is 12.6. The van der Waals surface area contributed by atoms with Crippen LogP contribution in [0, 0.1) is 0 Å². The van der Waals surface area contributed by atoms with Gasteiger partial charge in [0.15, 0.2) is 0 Å². The molecule has 0 fully saturated rings. The predicted octanol–water partition coefficient (Wildman–Crippen LogP) is 3.13. The molecule has 0 bridgehead atoms. The Balaban J connectivity index is 1.60. The van der Waals surface area contributed by atoms with Crippen molar-refractivity contribution in [3.8, 4) is 5.75 Å². The molecule has 134 valence electrons. The minimum Gasteiger partial charge on any atom is -0.497 e. The number of fused-ring (bicyclic) bond motifs is 1. The molecule has 1 aliphatic heterocycles. The van der Waals surface area contributed by atoms with Gasteiger partial charge in [0.05, 0.1) is 13.2 Å². The van der Waals surface area contributed by atoms with Crippen LogP contribution in [0.1, 0.15) is 22.0 Å². The summed E-state index contributed by atoms with van der Waals surface area (Å²) in [6, 6.07) is 10.3. The second kappa shape index (κ2) is 7.89. The highest BCUT2D eigenvalue weighted by Gasteiger charge is 2.22. The highest BCUT2D eigenvalue weighted by molar-refractivity contribution is 7.10. The van der Waals surface area contributed by atoms with E-state index in [1.165, 1.54) is 10.4 Å². The van der Waals surface area contributed by atoms with Crippen LogP contribution in [0.15, 0.2) is 35.7 Å². The van der Waals surface area contributed by atoms with E-state index < -0.39 is 0 Å². The molecule has 1 unspecified atom stereocenters. The van der Waals surface area contributed by atoms with E-state index in [-0.39, 0.29) is 12.1 Å². The minimum absolute atomic E-state index is 0.0113. The number of hydrogen-bond donors (Lipinski definition) is 1. The van der Waals surface area contributed by atoms with Gasteiger partial charge in [-0.3, -0.25) is 0 Å². The molecular formula is C19H25N3O2S. The van der Waals surface area contributed by atoms with Crippen molar-refractivity contribution in [3.63, 3.8) is 0 Å². The normalized spacial score (nSPS) is 15.0. The summed E-state index contributed by atoms with van der Waals surface area (Å²) in [5, 5.41) is 5.21. The van der Waals surface area contributed by atoms with Crippen molar-refractivity contribution >= 4 is 17.4 Å². The molecule has 0 saturated heterocycles. The first-order valence-corrected chi connectivity index (χ1v) is 9.35. The lowest BCUT2D eigenvalue weighted by molar-refractivity contribution is 0.187. The average Bonchev–Trinajstić information content (AvgIpc) is 3.09. The summed E-state index contributed by atoms with van der Waals surface area (Å²) >= 11 is 1.79. The molecule has 6 heteroatoms. The quantitative estimate of drug-likeness (QED) is 0.892. The maximum atomic E-state index is 12.6. The second-order valence-corrected chi connectivity index (χ2v) is 7.48. The summed E-state index contributed by atoms with van der Waals surface area (Å²) in [4.78, 5) is 18.0. The molecule has 0 radical (unpaired) electrons. The number of nitrogens with zero attached hydrogens (tertiary/aromatic N) is 2. The van der Waals surface area contributed by atoms with Crippen molar-refractivity contribution in [2.45, 2.75) is 19.0 Å². The molecule has 0 spiro atoms. The summed E-state index contributed by atoms with van der Waals surface area (Å²) in [6.45, 7) is 2.07. The zero-order valence-corrected chi connectivity index (χ0v) is 15.8. The summed E-state index contributed by atoms with van der Waals surface area (Å²) in [5.41, 5.74) is 2.44. The van der Waals surface area contributed by atoms with Crippen LogP contribution in [-0.4, -0.2) is 50.1 Å². The Labute approximate surface area is 153 Å². The molecule has 0 saturated carbocycles. The van der Waals surface area contributed by atoms with Gasteiger partial charge in [-0.2, -0.15) is 0 Å². The van der Waals surface area contributed by atoms with Gasteiger partial charge in [0.25, 0.3) is 0 Å². The van der Waals surface area contributed by atoms with Crippen LogP contribution in [0.25, 0.3) is 0 Å². The van der Waals surface area contributed by atoms with E-state index in [2.05, 4.69) is 21.7 Å². The van der Waals surface area contributed by atoms with Gasteiger partial charge >= 0.3 is 6.03 Å². The van der Waals surface area contributed by atoms with Gasteiger partial charge in [-0.05, 0) is 55.2 Å². The average molecular weight is 359 g/mol. The summed E-state index contributed by atoms with van der Waals surface area (Å²) in [5.74, 6) is 0.838. The third kappa shape index (κ3) is 4.14. The molecule has 3 rings (SSSR count). The third-order valence-electron chi connectivity index (χ3n) is 4.67. The van der Waals surface area contributed by atoms with Crippen molar-refractivity contribution in [1.29, 1.82) is 0 Å². The fraction of sp³-hybridized carbons (Fsp3) is 0.421. The van der Waals surface area contributed by atoms with Crippen LogP contribution in [0.2, 0.25) is 0 Å². The number of likely N-dealkylation sites (N-methyl/N-ethyl adjacent to an activating group) is 1. The van der Waals surface area contributed by atoms with Crippen molar-refractivity contribution in [1.82, 2.24) is 15.1 Å². The van der Waals surface area contributed by atoms with E-state index in [0.717, 1.165) is 24.3 Å². The molecular weight excluding hydrogens is 334 g/mol. The van der Waals surface area contributed by atoms with E-state index in [0.29, 0.717) is 13.1 Å². The van der Waals surface area contributed by atoms with Gasteiger partial charge in [0.1, 0.15) is 5.75 Å². The number of ether oxygens (including phenoxy) is 1. The monoisotopic (exact) mass is 359 g/mol. The Hall–Kier alpha value is -2.05. The zero-order chi connectivity index (χ0) is 17.8. The topological polar surface area (TPSA) is 44.8 Å². The second-order valence-electron chi connectivity index (χ2n) is 6.48. The van der Waals surface area contributed by atoms with Gasteiger partial charge in [0, 0.05) is 24.5 Å². The van der Waals surface area contributed by atoms with E-state index >= 15 is 0 Å². The number of benzene rings is 1. The SMILES string of the molecule is COc1ccc(C(CNC(=O)N2CCc3sccc3C2)N(C)C)cc1. The number of nitrogens with one attached hydrogen (secondary N) is 1. The smallest absolute Gasteiger partial charge is 0.317 e. The van der Waals surface area contributed by atoms with Gasteiger partial charge < -0.3 is 19.9 Å². The van der Waals surface area contributed by atoms with Crippen molar-refractivity contribution in [3.05, 3.63) is 51.7 Å². The first kappa shape index (κ1) is 17.8. The lowest BCUT2D eigenvalue weighted by atomic mass is 10.1. The van der Waals surface area contributed by atoms with Crippen LogP contribution in [0.5, 0.6) is 5.75 Å². The molecule has 1 aromatic carbocycles. The Morgan fingerprint density at radius 3 is 2.76 bits per heavy atom. The summed E-state index contributed by atoms with van der Waals surface area (Å²) in [6.07, 6.45) is 0.954. The van der Waals surface area contributed by atoms with E-state index in [9.17, 15) is 4.79 Å². The molecule has 0 aliphatic carbocycles. The number of thiophene rings is 1. The summed E-state index contributed by atoms with van der Waals surface area (Å²) < 4.78 is 5.22. The standard InChI is InChI=1S/C19H25N3O2S/c1-21(2)17(14-4-6-16(24-3)7-5-14)12-20-19(23)22-10-8-18-15(13-22)9-11-25-18/h4-7,9,11,17H,8,10,12-13H2,1-3H3,(H,20,23). The van der Waals surface area contributed by atoms with Gasteiger partial charge in [0.2, 0.25) is 0 Å². The number of methoxy groups -OCH3 is 1. The highest BCUT2D eigenvalue weighted by atomic mass is 32.1. The maximum Gasteiger partial charge on any atom is 0.317 e. The van der Waals surface area contributed by atoms with Crippen LogP contribution in [-0.2, 0) is 13.0 Å². The molecule has 1 aliphatic rings. The molecule has 2 heterocycles. The third-order valence-corrected chi connectivity index (χ3v) is 5.69. The van der Waals surface area contributed by atoms with E-state index in [1.807, 2.05) is 43.3 Å². The lowest BCUT2D eigenvalue weighted by Gasteiger charge is -2.30. The predicted molar refractivity (Wildman–Crippen MR) is 101 cm³/mol. The van der Waals surface area contributed by atoms with Crippen LogP contribution < -0.4 is 10.1 Å². The Bertz CT molecular complexity index is 712. The molecule has 2 amide bonds. The highest BCUT2D eigenvalue weighted by Crippen LogP contribution is 2.24. The fourth-order valence-electron chi connectivity index (χ4n) is 3.14. The molecule has 1 atom stereocenters. The van der Waals surface area contributed by atoms with Crippen LogP contribution in [0.3, 0.4) is 0 Å². The van der Waals surface area contributed by atoms with E-state index in [1.54, 1.807) is 18.4 Å². The van der Waals surface area contributed by atoms with Crippen molar-refractivity contribution < 1.29 is 9.53 Å². The molecule has 2 aromatic rings. The van der Waals surface area contributed by atoms with Crippen molar-refractivity contribution in [2.24, 2.45) is 0 Å². The fourth-order valence-corrected chi connectivity index (χ4v) is 4.03. The first-order chi connectivity index (χ1) is 12.1. The van der Waals surface area contributed by atoms with Crippen LogP contribution >= 0.6 is 11.3 Å². The molecule has 25 heavy (non-hydrogen) atoms. The van der Waals surface area contributed by atoms with E-state index in [4.69, 9.17) is 4.74 Å². The molecule has 1 aromatic heterocycles. The Morgan fingerprint density at radius 2 is 2.08 bits per heavy atom. The zero-order valence-electron chi connectivity index (χ0n) is 15.0. The lowest BCUT2D eigenvalue weighted by Crippen LogP contribution is -2.45. The molecule has 5 nitrogen and oxygen atoms in total. The molecule has 1 N–H and O–H groups in total. The van der Waals surface area contributed by atoms with Gasteiger partial charge in [-0.1, -0.05) is 12.1 Å². The number of carbonyl (C=O) groups excluding carboxylic acids is 1. The summed E-state index contributed by atoms with van der Waals surface area (Å²) in [7, 11) is 5.72. The minimum atomic E-state index is 0.0113. The Morgan fingerprint density at radius 1 is 1.32 bits per heavy atom. The Kier molecular flexibility index (Phi) is 5.60.